The monoisotopic (exact) mass is 442 g/mol. The zero-order chi connectivity index (χ0) is 21.4. The number of carbonyl (C=O) groups is 3. The van der Waals surface area contributed by atoms with Crippen LogP contribution in [-0.4, -0.2) is 27.7 Å². The Morgan fingerprint density at radius 2 is 1.60 bits per heavy atom. The van der Waals surface area contributed by atoms with Gasteiger partial charge in [0.1, 0.15) is 0 Å². The lowest BCUT2D eigenvalue weighted by molar-refractivity contribution is -0.155. The summed E-state index contributed by atoms with van der Waals surface area (Å²) < 4.78 is 0. The number of rotatable bonds is 4. The molecule has 0 N–H and O–H groups in total. The molecule has 3 atom stereocenters. The maximum atomic E-state index is 13.4. The van der Waals surface area contributed by atoms with Gasteiger partial charge in [-0.25, -0.2) is 5.01 Å². The molecule has 1 aliphatic carbocycles. The predicted molar refractivity (Wildman–Crippen MR) is 115 cm³/mol. The number of hydrogen-bond donors (Lipinski definition) is 0. The molecule has 30 heavy (non-hydrogen) atoms. The topological polar surface area (TPSA) is 57.7 Å². The lowest BCUT2D eigenvalue weighted by atomic mass is 9.78. The van der Waals surface area contributed by atoms with Gasteiger partial charge >= 0.3 is 0 Å². The lowest BCUT2D eigenvalue weighted by Crippen LogP contribution is -2.50. The number of hydrogen-bond acceptors (Lipinski definition) is 3. The first-order chi connectivity index (χ1) is 14.4. The number of allylic oxidation sites excluding steroid dienone is 2. The Bertz CT molecular complexity index is 1020. The van der Waals surface area contributed by atoms with Gasteiger partial charge < -0.3 is 0 Å². The summed E-state index contributed by atoms with van der Waals surface area (Å²) in [6.07, 6.45) is 4.39. The normalized spacial score (nSPS) is 22.9. The molecule has 7 heteroatoms. The highest BCUT2D eigenvalue weighted by Gasteiger charge is 2.53. The van der Waals surface area contributed by atoms with Gasteiger partial charge in [-0.1, -0.05) is 54.4 Å². The Kier molecular flexibility index (Phi) is 5.67. The summed E-state index contributed by atoms with van der Waals surface area (Å²) in [6.45, 7) is 1.99. The summed E-state index contributed by atoms with van der Waals surface area (Å²) in [6, 6.07) is 13.3. The molecule has 154 valence electrons. The SMILES string of the molecule is C[C@@H]1C=CC[C@@H]2C(=O)N(N(Cc3ccc(Cl)cc3)C(=O)c3ccc(Cl)cc3)C(=O)[C@H]12. The van der Waals surface area contributed by atoms with Crippen molar-refractivity contribution in [1.82, 2.24) is 10.0 Å². The molecule has 1 saturated heterocycles. The van der Waals surface area contributed by atoms with E-state index in [-0.39, 0.29) is 24.3 Å². The first-order valence-electron chi connectivity index (χ1n) is 9.73. The number of fused-ring (bicyclic) bond motifs is 1. The summed E-state index contributed by atoms with van der Waals surface area (Å²) in [5, 5.41) is 3.34. The highest BCUT2D eigenvalue weighted by molar-refractivity contribution is 6.30. The molecule has 5 nitrogen and oxygen atoms in total. The second-order valence-corrected chi connectivity index (χ2v) is 8.51. The van der Waals surface area contributed by atoms with E-state index < -0.39 is 17.7 Å². The summed E-state index contributed by atoms with van der Waals surface area (Å²) in [4.78, 5) is 39.9. The van der Waals surface area contributed by atoms with Crippen LogP contribution in [0, 0.1) is 17.8 Å². The lowest BCUT2D eigenvalue weighted by Gasteiger charge is -2.31. The molecule has 1 fully saturated rings. The van der Waals surface area contributed by atoms with Crippen molar-refractivity contribution in [2.24, 2.45) is 17.8 Å². The fourth-order valence-electron chi connectivity index (χ4n) is 4.11. The van der Waals surface area contributed by atoms with Crippen LogP contribution < -0.4 is 0 Å². The van der Waals surface area contributed by atoms with Crippen LogP contribution in [0.15, 0.2) is 60.7 Å². The van der Waals surface area contributed by atoms with Crippen molar-refractivity contribution in [3.05, 3.63) is 81.9 Å². The van der Waals surface area contributed by atoms with Crippen molar-refractivity contribution in [1.29, 1.82) is 0 Å². The van der Waals surface area contributed by atoms with Crippen molar-refractivity contribution in [3.63, 3.8) is 0 Å². The highest BCUT2D eigenvalue weighted by Crippen LogP contribution is 2.39. The molecular weight excluding hydrogens is 423 g/mol. The molecule has 0 spiro atoms. The first-order valence-corrected chi connectivity index (χ1v) is 10.5. The van der Waals surface area contributed by atoms with Crippen molar-refractivity contribution in [2.75, 3.05) is 0 Å². The summed E-state index contributed by atoms with van der Waals surface area (Å²) in [7, 11) is 0. The van der Waals surface area contributed by atoms with E-state index in [0.717, 1.165) is 10.6 Å². The average Bonchev–Trinajstić information content (AvgIpc) is 2.99. The first kappa shape index (κ1) is 20.6. The maximum absolute atomic E-state index is 13.4. The summed E-state index contributed by atoms with van der Waals surface area (Å²) >= 11 is 11.9. The van der Waals surface area contributed by atoms with Crippen LogP contribution >= 0.6 is 23.2 Å². The van der Waals surface area contributed by atoms with E-state index >= 15 is 0 Å². The Morgan fingerprint density at radius 3 is 2.20 bits per heavy atom. The number of carbonyl (C=O) groups excluding carboxylic acids is 3. The van der Waals surface area contributed by atoms with Crippen LogP contribution in [0.2, 0.25) is 10.0 Å². The number of imide groups is 1. The molecule has 0 radical (unpaired) electrons. The van der Waals surface area contributed by atoms with E-state index in [2.05, 4.69) is 0 Å². The molecule has 0 saturated carbocycles. The van der Waals surface area contributed by atoms with Gasteiger partial charge in [-0.3, -0.25) is 14.4 Å². The second kappa shape index (κ2) is 8.25. The number of halogens is 2. The van der Waals surface area contributed by atoms with E-state index in [1.165, 1.54) is 5.01 Å². The van der Waals surface area contributed by atoms with Crippen molar-refractivity contribution >= 4 is 40.9 Å². The highest BCUT2D eigenvalue weighted by atomic mass is 35.5. The van der Waals surface area contributed by atoms with E-state index in [0.29, 0.717) is 22.0 Å². The molecule has 2 aromatic carbocycles. The maximum Gasteiger partial charge on any atom is 0.273 e. The van der Waals surface area contributed by atoms with Gasteiger partial charge in [-0.05, 0) is 54.3 Å². The van der Waals surface area contributed by atoms with Crippen LogP contribution in [0.5, 0.6) is 0 Å². The smallest absolute Gasteiger partial charge is 0.272 e. The van der Waals surface area contributed by atoms with E-state index in [4.69, 9.17) is 23.2 Å². The van der Waals surface area contributed by atoms with Gasteiger partial charge in [0.25, 0.3) is 17.7 Å². The molecule has 1 heterocycles. The Hall–Kier alpha value is -2.63. The van der Waals surface area contributed by atoms with Gasteiger partial charge in [0, 0.05) is 15.6 Å². The minimum atomic E-state index is -0.451. The molecule has 2 aromatic rings. The number of amides is 3. The molecular formula is C23H20Cl2N2O3. The fraction of sp³-hybridized carbons (Fsp3) is 0.261. The molecule has 3 amide bonds. The minimum Gasteiger partial charge on any atom is -0.272 e. The largest absolute Gasteiger partial charge is 0.273 e. The fourth-order valence-corrected chi connectivity index (χ4v) is 4.36. The average molecular weight is 443 g/mol. The van der Waals surface area contributed by atoms with E-state index in [1.807, 2.05) is 19.1 Å². The summed E-state index contributed by atoms with van der Waals surface area (Å²) in [5.41, 5.74) is 1.10. The third-order valence-electron chi connectivity index (χ3n) is 5.66. The molecule has 1 aliphatic heterocycles. The van der Waals surface area contributed by atoms with Crippen molar-refractivity contribution in [2.45, 2.75) is 19.9 Å². The second-order valence-electron chi connectivity index (χ2n) is 7.64. The van der Waals surface area contributed by atoms with Crippen LogP contribution in [0.25, 0.3) is 0 Å². The number of hydrazine groups is 1. The van der Waals surface area contributed by atoms with Crippen molar-refractivity contribution < 1.29 is 14.4 Å². The Morgan fingerprint density at radius 1 is 1.00 bits per heavy atom. The molecule has 0 unspecified atom stereocenters. The predicted octanol–water partition coefficient (Wildman–Crippen LogP) is 4.75. The summed E-state index contributed by atoms with van der Waals surface area (Å²) in [5.74, 6) is -2.07. The van der Waals surface area contributed by atoms with Crippen LogP contribution in [0.4, 0.5) is 0 Å². The minimum absolute atomic E-state index is 0.0618. The number of benzene rings is 2. The molecule has 0 aromatic heterocycles. The molecule has 2 aliphatic rings. The standard InChI is InChI=1S/C23H20Cl2N2O3/c1-14-3-2-4-19-20(14)23(30)27(22(19)29)26(13-15-5-9-17(24)10-6-15)21(28)16-7-11-18(25)12-8-16/h2-3,5-12,14,19-20H,4,13H2,1H3/t14-,19+,20-/m1/s1. The van der Waals surface area contributed by atoms with Gasteiger partial charge in [0.15, 0.2) is 0 Å². The van der Waals surface area contributed by atoms with Gasteiger partial charge in [-0.2, -0.15) is 5.01 Å². The van der Waals surface area contributed by atoms with Gasteiger partial charge in [0.05, 0.1) is 18.4 Å². The van der Waals surface area contributed by atoms with Crippen LogP contribution in [-0.2, 0) is 16.1 Å². The van der Waals surface area contributed by atoms with Crippen molar-refractivity contribution in [3.8, 4) is 0 Å². The third-order valence-corrected chi connectivity index (χ3v) is 6.17. The van der Waals surface area contributed by atoms with Gasteiger partial charge in [0.2, 0.25) is 0 Å². The van der Waals surface area contributed by atoms with E-state index in [9.17, 15) is 14.4 Å². The van der Waals surface area contributed by atoms with Gasteiger partial charge in [-0.15, -0.1) is 0 Å². The van der Waals surface area contributed by atoms with Crippen LogP contribution in [0.3, 0.4) is 0 Å². The Labute approximate surface area is 184 Å². The molecule has 0 bridgehead atoms. The zero-order valence-corrected chi connectivity index (χ0v) is 17.8. The van der Waals surface area contributed by atoms with Crippen LogP contribution in [0.1, 0.15) is 29.3 Å². The molecule has 4 rings (SSSR count). The third kappa shape index (κ3) is 3.75. The van der Waals surface area contributed by atoms with E-state index in [1.54, 1.807) is 48.5 Å². The number of nitrogens with zero attached hydrogens (tertiary/aromatic N) is 2. The quantitative estimate of drug-likeness (QED) is 0.506. The zero-order valence-electron chi connectivity index (χ0n) is 16.3. The Balaban J connectivity index is 1.72.